The first-order valence-corrected chi connectivity index (χ1v) is 8.31. The van der Waals surface area contributed by atoms with E-state index in [1.807, 2.05) is 0 Å². The summed E-state index contributed by atoms with van der Waals surface area (Å²) in [5.41, 5.74) is 2.59. The highest BCUT2D eigenvalue weighted by molar-refractivity contribution is 5.35. The lowest BCUT2D eigenvalue weighted by molar-refractivity contribution is -0.0215. The normalized spacial score (nSPS) is 27.1. The van der Waals surface area contributed by atoms with Crippen molar-refractivity contribution in [1.29, 1.82) is 0 Å². The van der Waals surface area contributed by atoms with E-state index in [0.29, 0.717) is 11.8 Å². The Balaban J connectivity index is 1.61. The zero-order valence-electron chi connectivity index (χ0n) is 13.2. The average Bonchev–Trinajstić information content (AvgIpc) is 2.37. The van der Waals surface area contributed by atoms with Crippen LogP contribution in [0.15, 0.2) is 23.2 Å². The summed E-state index contributed by atoms with van der Waals surface area (Å²) in [7, 11) is 0. The smallest absolute Gasteiger partial charge is 0.124 e. The maximum Gasteiger partial charge on any atom is 0.124 e. The number of hydrogen-bond acceptors (Lipinski definition) is 1. The highest BCUT2D eigenvalue weighted by atomic mass is 19.1. The van der Waals surface area contributed by atoms with Crippen LogP contribution in [-0.2, 0) is 0 Å². The predicted octanol–water partition coefficient (Wildman–Crippen LogP) is 5.06. The Hall–Kier alpha value is -0.790. The Morgan fingerprint density at radius 1 is 1.25 bits per heavy atom. The van der Waals surface area contributed by atoms with Crippen LogP contribution in [-0.4, -0.2) is 18.0 Å². The van der Waals surface area contributed by atoms with Gasteiger partial charge in [-0.05, 0) is 56.4 Å². The largest absolute Gasteiger partial charge is 0.368 e. The molecule has 3 rings (SSSR count). The van der Waals surface area contributed by atoms with Gasteiger partial charge in [-0.1, -0.05) is 19.9 Å². The van der Waals surface area contributed by atoms with Crippen LogP contribution >= 0.6 is 0 Å². The summed E-state index contributed by atoms with van der Waals surface area (Å²) < 4.78 is 14.1. The third kappa shape index (κ3) is 2.42. The van der Waals surface area contributed by atoms with E-state index in [0.717, 1.165) is 42.6 Å². The highest BCUT2D eigenvalue weighted by Gasteiger charge is 2.46. The van der Waals surface area contributed by atoms with Gasteiger partial charge in [0, 0.05) is 24.9 Å². The summed E-state index contributed by atoms with van der Waals surface area (Å²) in [6.07, 6.45) is 9.12. The van der Waals surface area contributed by atoms with Gasteiger partial charge in [0.15, 0.2) is 0 Å². The van der Waals surface area contributed by atoms with Gasteiger partial charge in [-0.25, -0.2) is 4.39 Å². The number of rotatable bonds is 2. The van der Waals surface area contributed by atoms with Crippen LogP contribution in [0.2, 0.25) is 0 Å². The van der Waals surface area contributed by atoms with Crippen LogP contribution in [0.5, 0.6) is 0 Å². The van der Waals surface area contributed by atoms with Crippen LogP contribution in [0.1, 0.15) is 59.3 Å². The molecule has 1 aliphatic heterocycles. The molecule has 1 spiro atoms. The van der Waals surface area contributed by atoms with Crippen molar-refractivity contribution >= 4 is 0 Å². The van der Waals surface area contributed by atoms with Crippen molar-refractivity contribution in [2.24, 2.45) is 17.3 Å². The molecule has 0 aromatic heterocycles. The fraction of sp³-hybridized carbons (Fsp3) is 0.778. The molecule has 112 valence electrons. The van der Waals surface area contributed by atoms with Crippen LogP contribution in [0.4, 0.5) is 4.39 Å². The second-order valence-corrected chi connectivity index (χ2v) is 7.62. The number of nitrogens with zero attached hydrogens (tertiary/aromatic N) is 1. The summed E-state index contributed by atoms with van der Waals surface area (Å²) in [5.74, 6) is 1.87. The fourth-order valence-corrected chi connectivity index (χ4v) is 4.42. The molecule has 3 aliphatic rings. The molecule has 1 nitrogen and oxygen atoms in total. The van der Waals surface area contributed by atoms with Gasteiger partial charge in [-0.3, -0.25) is 0 Å². The Morgan fingerprint density at radius 3 is 2.45 bits per heavy atom. The second kappa shape index (κ2) is 5.20. The molecule has 0 atom stereocenters. The molecular weight excluding hydrogens is 249 g/mol. The molecule has 1 saturated heterocycles. The molecule has 0 N–H and O–H groups in total. The van der Waals surface area contributed by atoms with Crippen molar-refractivity contribution < 1.29 is 4.39 Å². The minimum absolute atomic E-state index is 0.121. The van der Waals surface area contributed by atoms with E-state index >= 15 is 0 Å². The van der Waals surface area contributed by atoms with Crippen LogP contribution in [0.25, 0.3) is 0 Å². The third-order valence-corrected chi connectivity index (χ3v) is 5.85. The Morgan fingerprint density at radius 2 is 1.90 bits per heavy atom. The maximum atomic E-state index is 14.1. The Bertz CT molecular complexity index is 430. The first-order chi connectivity index (χ1) is 9.51. The van der Waals surface area contributed by atoms with Gasteiger partial charge in [0.05, 0.1) is 5.70 Å². The molecule has 2 aliphatic carbocycles. The van der Waals surface area contributed by atoms with Gasteiger partial charge in [-0.15, -0.1) is 0 Å². The number of hydrogen-bond donors (Lipinski definition) is 0. The molecule has 1 heterocycles. The lowest BCUT2D eigenvalue weighted by Crippen LogP contribution is -2.57. The highest BCUT2D eigenvalue weighted by Crippen LogP contribution is 2.49. The van der Waals surface area contributed by atoms with Crippen molar-refractivity contribution in [3.8, 4) is 0 Å². The number of likely N-dealkylation sites (tertiary alicyclic amines) is 1. The average molecular weight is 277 g/mol. The molecule has 1 saturated carbocycles. The summed E-state index contributed by atoms with van der Waals surface area (Å²) in [4.78, 5) is 2.30. The van der Waals surface area contributed by atoms with E-state index in [9.17, 15) is 4.39 Å². The van der Waals surface area contributed by atoms with E-state index in [2.05, 4.69) is 31.7 Å². The fourth-order valence-electron chi connectivity index (χ4n) is 4.42. The first-order valence-electron chi connectivity index (χ1n) is 8.31. The zero-order chi connectivity index (χ0) is 14.3. The van der Waals surface area contributed by atoms with Crippen LogP contribution in [0.3, 0.4) is 0 Å². The molecule has 0 bridgehead atoms. The predicted molar refractivity (Wildman–Crippen MR) is 81.9 cm³/mol. The van der Waals surface area contributed by atoms with Crippen molar-refractivity contribution in [1.82, 2.24) is 4.90 Å². The van der Waals surface area contributed by atoms with Gasteiger partial charge >= 0.3 is 0 Å². The Labute approximate surface area is 122 Å². The van der Waals surface area contributed by atoms with Gasteiger partial charge in [0.2, 0.25) is 0 Å². The van der Waals surface area contributed by atoms with Crippen molar-refractivity contribution in [2.45, 2.75) is 59.3 Å². The van der Waals surface area contributed by atoms with Crippen LogP contribution < -0.4 is 0 Å². The molecule has 0 amide bonds. The molecule has 0 aromatic carbocycles. The summed E-state index contributed by atoms with van der Waals surface area (Å²) in [6.45, 7) is 8.95. The van der Waals surface area contributed by atoms with Crippen molar-refractivity contribution in [2.75, 3.05) is 13.1 Å². The molecule has 20 heavy (non-hydrogen) atoms. The van der Waals surface area contributed by atoms with E-state index in [1.54, 1.807) is 0 Å². The molecule has 2 fully saturated rings. The summed E-state index contributed by atoms with van der Waals surface area (Å²) in [5, 5.41) is 0. The van der Waals surface area contributed by atoms with E-state index < -0.39 is 0 Å². The lowest BCUT2D eigenvalue weighted by Gasteiger charge is -2.56. The van der Waals surface area contributed by atoms with E-state index in [4.69, 9.17) is 0 Å². The lowest BCUT2D eigenvalue weighted by atomic mass is 9.64. The number of halogens is 1. The standard InChI is InChI=1S/C18H28FN/c1-13(2)15-7-9-18(10-8-15)11-20(12-18)17-14(3)5-4-6-16(17)19/h5,13,15H,4,6-12H2,1-3H3. The molecule has 0 aromatic rings. The third-order valence-electron chi connectivity index (χ3n) is 5.85. The second-order valence-electron chi connectivity index (χ2n) is 7.62. The van der Waals surface area contributed by atoms with Gasteiger partial charge in [0.25, 0.3) is 0 Å². The Kier molecular flexibility index (Phi) is 3.68. The first kappa shape index (κ1) is 14.2. The minimum Gasteiger partial charge on any atom is -0.368 e. The van der Waals surface area contributed by atoms with Gasteiger partial charge in [0.1, 0.15) is 5.83 Å². The zero-order valence-corrected chi connectivity index (χ0v) is 13.2. The minimum atomic E-state index is 0.121. The maximum absolute atomic E-state index is 14.1. The molecular formula is C18H28FN. The molecule has 0 unspecified atom stereocenters. The topological polar surface area (TPSA) is 3.24 Å². The van der Waals surface area contributed by atoms with Gasteiger partial charge in [-0.2, -0.15) is 0 Å². The van der Waals surface area contributed by atoms with Crippen LogP contribution in [0, 0.1) is 17.3 Å². The van der Waals surface area contributed by atoms with E-state index in [1.165, 1.54) is 25.7 Å². The van der Waals surface area contributed by atoms with E-state index in [-0.39, 0.29) is 5.83 Å². The monoisotopic (exact) mass is 277 g/mol. The van der Waals surface area contributed by atoms with Crippen molar-refractivity contribution in [3.63, 3.8) is 0 Å². The van der Waals surface area contributed by atoms with Crippen molar-refractivity contribution in [3.05, 3.63) is 23.2 Å². The quantitative estimate of drug-likeness (QED) is 0.682. The van der Waals surface area contributed by atoms with Gasteiger partial charge < -0.3 is 4.90 Å². The molecule has 0 radical (unpaired) electrons. The summed E-state index contributed by atoms with van der Waals surface area (Å²) in [6, 6.07) is 0. The SMILES string of the molecule is CC1=CCCC(F)=C1N1CC2(CCC(C(C)C)CC2)C1. The summed E-state index contributed by atoms with van der Waals surface area (Å²) >= 11 is 0. The molecule has 2 heteroatoms. The number of allylic oxidation sites excluding steroid dienone is 3.